The highest BCUT2D eigenvalue weighted by Gasteiger charge is 2.44. The molecule has 1 aliphatic rings. The third-order valence-corrected chi connectivity index (χ3v) is 4.45. The topological polar surface area (TPSA) is 72.2 Å². The Hall–Kier alpha value is -2.62. The molecule has 2 aromatic carbocycles. The second-order valence-corrected chi connectivity index (χ2v) is 6.19. The Morgan fingerprint density at radius 1 is 1.13 bits per heavy atom. The summed E-state index contributed by atoms with van der Waals surface area (Å²) in [5, 5.41) is 2.94. The van der Waals surface area contributed by atoms with Crippen molar-refractivity contribution in [3.8, 4) is 0 Å². The molecule has 0 saturated heterocycles. The summed E-state index contributed by atoms with van der Waals surface area (Å²) >= 11 is 0. The van der Waals surface area contributed by atoms with E-state index in [2.05, 4.69) is 30.4 Å². The Balaban J connectivity index is 1.72. The summed E-state index contributed by atoms with van der Waals surface area (Å²) in [4.78, 5) is 23.8. The molecule has 1 saturated carbocycles. The third kappa shape index (κ3) is 3.11. The number of carbonyl (C=O) groups is 2. The number of hydrogen-bond acceptors (Lipinski definition) is 2. The average Bonchev–Trinajstić information content (AvgIpc) is 3.29. The van der Waals surface area contributed by atoms with Gasteiger partial charge in [-0.3, -0.25) is 9.59 Å². The van der Waals surface area contributed by atoms with Crippen LogP contribution >= 0.6 is 0 Å². The maximum absolute atomic E-state index is 12.4. The molecular weight excluding hydrogens is 288 g/mol. The van der Waals surface area contributed by atoms with Crippen molar-refractivity contribution in [2.75, 3.05) is 5.32 Å². The van der Waals surface area contributed by atoms with Crippen molar-refractivity contribution in [3.63, 3.8) is 0 Å². The SMILES string of the molecule is Cc1cccc([C@H]2C[C@H]2C(=O)Nc2cccc(C(N)=O)c2C)c1. The number of carbonyl (C=O) groups excluding carboxylic acids is 2. The van der Waals surface area contributed by atoms with E-state index in [1.165, 1.54) is 11.1 Å². The van der Waals surface area contributed by atoms with E-state index >= 15 is 0 Å². The van der Waals surface area contributed by atoms with Gasteiger partial charge in [0.1, 0.15) is 0 Å². The zero-order valence-electron chi connectivity index (χ0n) is 13.3. The van der Waals surface area contributed by atoms with E-state index in [0.717, 1.165) is 6.42 Å². The molecule has 3 N–H and O–H groups in total. The van der Waals surface area contributed by atoms with Crippen LogP contribution in [0.15, 0.2) is 42.5 Å². The summed E-state index contributed by atoms with van der Waals surface area (Å²) in [7, 11) is 0. The lowest BCUT2D eigenvalue weighted by Gasteiger charge is -2.11. The van der Waals surface area contributed by atoms with E-state index in [0.29, 0.717) is 16.8 Å². The fourth-order valence-corrected chi connectivity index (χ4v) is 3.02. The minimum atomic E-state index is -0.484. The zero-order valence-corrected chi connectivity index (χ0v) is 13.3. The Morgan fingerprint density at radius 2 is 1.87 bits per heavy atom. The van der Waals surface area contributed by atoms with Crippen LogP contribution in [0.25, 0.3) is 0 Å². The molecule has 4 heteroatoms. The van der Waals surface area contributed by atoms with Gasteiger partial charge in [0.05, 0.1) is 0 Å². The van der Waals surface area contributed by atoms with Crippen molar-refractivity contribution in [1.29, 1.82) is 0 Å². The van der Waals surface area contributed by atoms with Crippen molar-refractivity contribution in [2.45, 2.75) is 26.2 Å². The summed E-state index contributed by atoms with van der Waals surface area (Å²) in [5.74, 6) is -0.202. The third-order valence-electron chi connectivity index (χ3n) is 4.45. The van der Waals surface area contributed by atoms with Crippen molar-refractivity contribution < 1.29 is 9.59 Å². The monoisotopic (exact) mass is 308 g/mol. The molecule has 1 aliphatic carbocycles. The van der Waals surface area contributed by atoms with Gasteiger partial charge in [-0.25, -0.2) is 0 Å². The van der Waals surface area contributed by atoms with Crippen LogP contribution in [-0.4, -0.2) is 11.8 Å². The number of nitrogens with two attached hydrogens (primary N) is 1. The average molecular weight is 308 g/mol. The largest absolute Gasteiger partial charge is 0.366 e. The van der Waals surface area contributed by atoms with E-state index in [-0.39, 0.29) is 17.7 Å². The molecule has 3 rings (SSSR count). The second kappa shape index (κ2) is 5.88. The summed E-state index contributed by atoms with van der Waals surface area (Å²) in [6.07, 6.45) is 0.865. The van der Waals surface area contributed by atoms with Crippen LogP contribution in [0.5, 0.6) is 0 Å². The molecule has 0 aromatic heterocycles. The number of aryl methyl sites for hydroxylation is 1. The van der Waals surface area contributed by atoms with Gasteiger partial charge in [-0.1, -0.05) is 35.9 Å². The molecule has 0 unspecified atom stereocenters. The number of rotatable bonds is 4. The number of anilines is 1. The highest BCUT2D eigenvalue weighted by atomic mass is 16.2. The van der Waals surface area contributed by atoms with Crippen molar-refractivity contribution in [3.05, 3.63) is 64.7 Å². The van der Waals surface area contributed by atoms with Crippen LogP contribution in [-0.2, 0) is 4.79 Å². The summed E-state index contributed by atoms with van der Waals surface area (Å²) in [6.45, 7) is 3.85. The molecule has 118 valence electrons. The Labute approximate surface area is 135 Å². The van der Waals surface area contributed by atoms with Crippen LogP contribution in [0, 0.1) is 19.8 Å². The molecule has 2 aromatic rings. The van der Waals surface area contributed by atoms with Crippen LogP contribution in [0.2, 0.25) is 0 Å². The minimum absolute atomic E-state index is 0.00114. The lowest BCUT2D eigenvalue weighted by molar-refractivity contribution is -0.117. The number of hydrogen-bond donors (Lipinski definition) is 2. The van der Waals surface area contributed by atoms with Gasteiger partial charge in [0.15, 0.2) is 0 Å². The summed E-state index contributed by atoms with van der Waals surface area (Å²) < 4.78 is 0. The molecule has 2 amide bonds. The summed E-state index contributed by atoms with van der Waals surface area (Å²) in [5.41, 5.74) is 9.57. The first-order valence-corrected chi connectivity index (χ1v) is 7.74. The molecule has 2 atom stereocenters. The smallest absolute Gasteiger partial charge is 0.249 e. The van der Waals surface area contributed by atoms with Gasteiger partial charge < -0.3 is 11.1 Å². The molecule has 0 spiro atoms. The second-order valence-electron chi connectivity index (χ2n) is 6.19. The summed E-state index contributed by atoms with van der Waals surface area (Å²) in [6, 6.07) is 13.5. The number of primary amides is 1. The quantitative estimate of drug-likeness (QED) is 0.910. The van der Waals surface area contributed by atoms with Gasteiger partial charge in [0.25, 0.3) is 0 Å². The fraction of sp³-hybridized carbons (Fsp3) is 0.263. The molecule has 0 radical (unpaired) electrons. The van der Waals surface area contributed by atoms with Gasteiger partial charge in [-0.15, -0.1) is 0 Å². The predicted octanol–water partition coefficient (Wildman–Crippen LogP) is 3.14. The fourth-order valence-electron chi connectivity index (χ4n) is 3.02. The van der Waals surface area contributed by atoms with Crippen LogP contribution in [0.3, 0.4) is 0 Å². The van der Waals surface area contributed by atoms with Crippen LogP contribution < -0.4 is 11.1 Å². The Bertz CT molecular complexity index is 783. The molecule has 0 aliphatic heterocycles. The first kappa shape index (κ1) is 15.3. The van der Waals surface area contributed by atoms with Gasteiger partial charge >= 0.3 is 0 Å². The van der Waals surface area contributed by atoms with Gasteiger partial charge in [0.2, 0.25) is 11.8 Å². The lowest BCUT2D eigenvalue weighted by atomic mass is 10.0. The molecule has 1 fully saturated rings. The van der Waals surface area contributed by atoms with Crippen LogP contribution in [0.4, 0.5) is 5.69 Å². The number of nitrogens with one attached hydrogen (secondary N) is 1. The van der Waals surface area contributed by atoms with E-state index in [1.807, 2.05) is 6.07 Å². The van der Waals surface area contributed by atoms with E-state index in [4.69, 9.17) is 5.73 Å². The highest BCUT2D eigenvalue weighted by molar-refractivity contribution is 6.00. The maximum atomic E-state index is 12.4. The van der Waals surface area contributed by atoms with Crippen molar-refractivity contribution >= 4 is 17.5 Å². The number of amides is 2. The van der Waals surface area contributed by atoms with Crippen molar-refractivity contribution in [2.24, 2.45) is 11.7 Å². The minimum Gasteiger partial charge on any atom is -0.366 e. The lowest BCUT2D eigenvalue weighted by Crippen LogP contribution is -2.18. The van der Waals surface area contributed by atoms with Gasteiger partial charge in [-0.05, 0) is 49.4 Å². The van der Waals surface area contributed by atoms with Gasteiger partial charge in [0, 0.05) is 17.2 Å². The Morgan fingerprint density at radius 3 is 2.57 bits per heavy atom. The molecule has 23 heavy (non-hydrogen) atoms. The number of benzene rings is 2. The highest BCUT2D eigenvalue weighted by Crippen LogP contribution is 2.48. The molecule has 0 bridgehead atoms. The van der Waals surface area contributed by atoms with Crippen molar-refractivity contribution in [1.82, 2.24) is 0 Å². The standard InChI is InChI=1S/C19H20N2O2/c1-11-5-3-6-13(9-11)15-10-16(15)19(23)21-17-8-4-7-14(12(17)2)18(20)22/h3-9,15-16H,10H2,1-2H3,(H2,20,22)(H,21,23)/t15-,16-/m1/s1. The molecule has 4 nitrogen and oxygen atoms in total. The zero-order chi connectivity index (χ0) is 16.6. The normalized spacial score (nSPS) is 19.2. The van der Waals surface area contributed by atoms with Gasteiger partial charge in [-0.2, -0.15) is 0 Å². The predicted molar refractivity (Wildman–Crippen MR) is 90.4 cm³/mol. The van der Waals surface area contributed by atoms with Crippen LogP contribution in [0.1, 0.15) is 39.4 Å². The van der Waals surface area contributed by atoms with E-state index < -0.39 is 5.91 Å². The van der Waals surface area contributed by atoms with E-state index in [9.17, 15) is 9.59 Å². The first-order chi connectivity index (χ1) is 11.0. The maximum Gasteiger partial charge on any atom is 0.249 e. The Kier molecular flexibility index (Phi) is 3.90. The molecular formula is C19H20N2O2. The molecule has 0 heterocycles. The van der Waals surface area contributed by atoms with E-state index in [1.54, 1.807) is 25.1 Å². The first-order valence-electron chi connectivity index (χ1n) is 7.74.